The number of hydrogen-bond donors (Lipinski definition) is 1. The third kappa shape index (κ3) is 4.50. The average Bonchev–Trinajstić information content (AvgIpc) is 2.63. The summed E-state index contributed by atoms with van der Waals surface area (Å²) in [5, 5.41) is 2.95. The standard InChI is InChI=1S/C18H26N4O4/c1-3-11-20-16(24)21(12-4-2)18(26)22(17(20)25)13-10-15(23)19-14-8-6-5-7-9-14/h3-4,14H,1-2,5-13H2,(H,19,23). The Hall–Kier alpha value is -2.64. The summed E-state index contributed by atoms with van der Waals surface area (Å²) in [5.41, 5.74) is -2.17. The lowest BCUT2D eigenvalue weighted by Crippen LogP contribution is -2.54. The fraction of sp³-hybridized carbons (Fsp3) is 0.556. The Bertz CT molecular complexity index is 792. The van der Waals surface area contributed by atoms with Crippen LogP contribution in [-0.4, -0.2) is 25.7 Å². The van der Waals surface area contributed by atoms with Gasteiger partial charge in [-0.1, -0.05) is 31.4 Å². The molecule has 0 spiro atoms. The largest absolute Gasteiger partial charge is 0.353 e. The van der Waals surface area contributed by atoms with Crippen molar-refractivity contribution in [2.45, 2.75) is 64.2 Å². The lowest BCUT2D eigenvalue weighted by atomic mass is 9.95. The van der Waals surface area contributed by atoms with Crippen molar-refractivity contribution in [1.29, 1.82) is 0 Å². The van der Waals surface area contributed by atoms with Gasteiger partial charge in [-0.05, 0) is 12.8 Å². The monoisotopic (exact) mass is 362 g/mol. The molecule has 1 amide bonds. The topological polar surface area (TPSA) is 95.1 Å². The van der Waals surface area contributed by atoms with E-state index in [9.17, 15) is 19.2 Å². The van der Waals surface area contributed by atoms with E-state index in [0.717, 1.165) is 39.4 Å². The second-order valence-corrected chi connectivity index (χ2v) is 6.45. The molecule has 142 valence electrons. The van der Waals surface area contributed by atoms with Gasteiger partial charge < -0.3 is 5.32 Å². The molecule has 8 nitrogen and oxygen atoms in total. The first-order valence-corrected chi connectivity index (χ1v) is 8.95. The number of carbonyl (C=O) groups is 1. The smallest absolute Gasteiger partial charge is 0.336 e. The predicted molar refractivity (Wildman–Crippen MR) is 99.2 cm³/mol. The minimum Gasteiger partial charge on any atom is -0.353 e. The van der Waals surface area contributed by atoms with E-state index < -0.39 is 17.1 Å². The second-order valence-electron chi connectivity index (χ2n) is 6.45. The Morgan fingerprint density at radius 2 is 1.42 bits per heavy atom. The number of carbonyl (C=O) groups excluding carboxylic acids is 1. The minimum absolute atomic E-state index is 0.00598. The molecule has 0 saturated heterocycles. The fourth-order valence-corrected chi connectivity index (χ4v) is 3.20. The highest BCUT2D eigenvalue weighted by atomic mass is 16.2. The molecule has 1 heterocycles. The Labute approximate surface area is 151 Å². The molecule has 1 saturated carbocycles. The highest BCUT2D eigenvalue weighted by Crippen LogP contribution is 2.17. The molecule has 0 atom stereocenters. The summed E-state index contributed by atoms with van der Waals surface area (Å²) >= 11 is 0. The number of amides is 1. The Kier molecular flexibility index (Phi) is 6.94. The van der Waals surface area contributed by atoms with Crippen LogP contribution in [-0.2, 0) is 24.4 Å². The maximum Gasteiger partial charge on any atom is 0.336 e. The van der Waals surface area contributed by atoms with Crippen LogP contribution in [0.4, 0.5) is 0 Å². The van der Waals surface area contributed by atoms with Crippen LogP contribution in [0.3, 0.4) is 0 Å². The van der Waals surface area contributed by atoms with Gasteiger partial charge in [0.1, 0.15) is 0 Å². The molecule has 0 bridgehead atoms. The van der Waals surface area contributed by atoms with Gasteiger partial charge in [-0.2, -0.15) is 0 Å². The summed E-state index contributed by atoms with van der Waals surface area (Å²) < 4.78 is 2.78. The highest BCUT2D eigenvalue weighted by molar-refractivity contribution is 5.76. The van der Waals surface area contributed by atoms with Gasteiger partial charge in [-0.15, -0.1) is 13.2 Å². The molecule has 26 heavy (non-hydrogen) atoms. The first kappa shape index (κ1) is 19.7. The van der Waals surface area contributed by atoms with Gasteiger partial charge in [-0.25, -0.2) is 28.1 Å². The van der Waals surface area contributed by atoms with Crippen molar-refractivity contribution >= 4 is 5.91 Å². The molecule has 1 aliphatic rings. The zero-order chi connectivity index (χ0) is 19.1. The molecule has 0 radical (unpaired) electrons. The number of nitrogens with zero attached hydrogens (tertiary/aromatic N) is 3. The summed E-state index contributed by atoms with van der Waals surface area (Å²) in [7, 11) is 0. The lowest BCUT2D eigenvalue weighted by Gasteiger charge is -2.22. The lowest BCUT2D eigenvalue weighted by molar-refractivity contribution is -0.122. The molecular weight excluding hydrogens is 336 g/mol. The molecule has 1 N–H and O–H groups in total. The van der Waals surface area contributed by atoms with E-state index in [4.69, 9.17) is 0 Å². The molecule has 1 aliphatic carbocycles. The predicted octanol–water partition coefficient (Wildman–Crippen LogP) is 0.383. The SMILES string of the molecule is C=CCn1c(=O)n(CC=C)c(=O)n(CCC(=O)NC2CCCCC2)c1=O. The first-order chi connectivity index (χ1) is 12.5. The summed E-state index contributed by atoms with van der Waals surface area (Å²) in [4.78, 5) is 49.4. The van der Waals surface area contributed by atoms with Crippen LogP contribution in [0.1, 0.15) is 38.5 Å². The Morgan fingerprint density at radius 1 is 0.923 bits per heavy atom. The molecule has 2 rings (SSSR count). The number of allylic oxidation sites excluding steroid dienone is 2. The number of rotatable bonds is 8. The summed E-state index contributed by atoms with van der Waals surface area (Å²) in [5.74, 6) is -0.194. The van der Waals surface area contributed by atoms with Gasteiger partial charge >= 0.3 is 17.1 Å². The van der Waals surface area contributed by atoms with Gasteiger partial charge in [0.05, 0.1) is 13.1 Å². The Morgan fingerprint density at radius 3 is 1.92 bits per heavy atom. The number of nitrogens with one attached hydrogen (secondary N) is 1. The summed E-state index contributed by atoms with van der Waals surface area (Å²) in [6.45, 7) is 6.95. The van der Waals surface area contributed by atoms with Gasteiger partial charge in [-0.3, -0.25) is 4.79 Å². The third-order valence-corrected chi connectivity index (χ3v) is 4.54. The quantitative estimate of drug-likeness (QED) is 0.677. The molecular formula is C18H26N4O4. The van der Waals surface area contributed by atoms with E-state index in [-0.39, 0.29) is 38.0 Å². The van der Waals surface area contributed by atoms with E-state index in [1.807, 2.05) is 0 Å². The molecule has 1 aromatic rings. The van der Waals surface area contributed by atoms with Crippen LogP contribution in [0, 0.1) is 0 Å². The average molecular weight is 362 g/mol. The fourth-order valence-electron chi connectivity index (χ4n) is 3.20. The molecule has 0 aliphatic heterocycles. The molecule has 1 fully saturated rings. The van der Waals surface area contributed by atoms with Crippen molar-refractivity contribution in [3.63, 3.8) is 0 Å². The summed E-state index contributed by atoms with van der Waals surface area (Å²) in [6, 6.07) is 0.167. The van der Waals surface area contributed by atoms with Gasteiger partial charge in [0, 0.05) is 19.0 Å². The normalized spacial score (nSPS) is 14.8. The van der Waals surface area contributed by atoms with E-state index in [1.165, 1.54) is 18.6 Å². The van der Waals surface area contributed by atoms with Crippen LogP contribution in [0.2, 0.25) is 0 Å². The van der Waals surface area contributed by atoms with Crippen molar-refractivity contribution in [3.8, 4) is 0 Å². The first-order valence-electron chi connectivity index (χ1n) is 8.95. The number of hydrogen-bond acceptors (Lipinski definition) is 4. The molecule has 0 aromatic carbocycles. The van der Waals surface area contributed by atoms with Crippen molar-refractivity contribution in [3.05, 3.63) is 56.8 Å². The third-order valence-electron chi connectivity index (χ3n) is 4.54. The highest BCUT2D eigenvalue weighted by Gasteiger charge is 2.18. The van der Waals surface area contributed by atoms with E-state index in [1.54, 1.807) is 0 Å². The second kappa shape index (κ2) is 9.17. The zero-order valence-corrected chi connectivity index (χ0v) is 15.0. The maximum absolute atomic E-state index is 12.5. The van der Waals surface area contributed by atoms with Crippen molar-refractivity contribution < 1.29 is 4.79 Å². The zero-order valence-electron chi connectivity index (χ0n) is 15.0. The van der Waals surface area contributed by atoms with E-state index in [2.05, 4.69) is 18.5 Å². The van der Waals surface area contributed by atoms with Crippen LogP contribution >= 0.6 is 0 Å². The van der Waals surface area contributed by atoms with Crippen LogP contribution in [0.15, 0.2) is 39.7 Å². The molecule has 0 unspecified atom stereocenters. The summed E-state index contributed by atoms with van der Waals surface area (Å²) in [6.07, 6.45) is 8.13. The van der Waals surface area contributed by atoms with Crippen molar-refractivity contribution in [2.24, 2.45) is 0 Å². The minimum atomic E-state index is -0.731. The van der Waals surface area contributed by atoms with E-state index in [0.29, 0.717) is 0 Å². The van der Waals surface area contributed by atoms with Crippen molar-refractivity contribution in [1.82, 2.24) is 19.0 Å². The van der Waals surface area contributed by atoms with Crippen molar-refractivity contribution in [2.75, 3.05) is 0 Å². The van der Waals surface area contributed by atoms with Gasteiger partial charge in [0.25, 0.3) is 0 Å². The molecule has 8 heteroatoms. The molecule has 1 aromatic heterocycles. The Balaban J connectivity index is 2.22. The number of aromatic nitrogens is 3. The van der Waals surface area contributed by atoms with Gasteiger partial charge in [0.2, 0.25) is 5.91 Å². The van der Waals surface area contributed by atoms with Crippen LogP contribution in [0.5, 0.6) is 0 Å². The van der Waals surface area contributed by atoms with E-state index >= 15 is 0 Å². The van der Waals surface area contributed by atoms with Gasteiger partial charge in [0.15, 0.2) is 0 Å². The maximum atomic E-state index is 12.5. The van der Waals surface area contributed by atoms with Crippen LogP contribution < -0.4 is 22.4 Å². The van der Waals surface area contributed by atoms with Crippen LogP contribution in [0.25, 0.3) is 0 Å².